The zero-order valence-corrected chi connectivity index (χ0v) is 9.71. The Labute approximate surface area is 95.4 Å². The van der Waals surface area contributed by atoms with Crippen molar-refractivity contribution in [3.63, 3.8) is 0 Å². The summed E-state index contributed by atoms with van der Waals surface area (Å²) in [6.45, 7) is 6.38. The van der Waals surface area contributed by atoms with Crippen molar-refractivity contribution in [2.75, 3.05) is 25.0 Å². The monoisotopic (exact) mass is 222 g/mol. The van der Waals surface area contributed by atoms with Gasteiger partial charge in [0, 0.05) is 18.8 Å². The van der Waals surface area contributed by atoms with Gasteiger partial charge in [0.05, 0.1) is 5.56 Å². The highest BCUT2D eigenvalue weighted by atomic mass is 16.1. The lowest BCUT2D eigenvalue weighted by atomic mass is 10.2. The third kappa shape index (κ3) is 3.51. The summed E-state index contributed by atoms with van der Waals surface area (Å²) in [7, 11) is 0. The molecule has 0 radical (unpaired) electrons. The minimum absolute atomic E-state index is 0.432. The Kier molecular flexibility index (Phi) is 4.72. The largest absolute Gasteiger partial charge is 0.368 e. The fourth-order valence-corrected chi connectivity index (χ4v) is 1.34. The molecular weight excluding hydrogens is 204 g/mol. The van der Waals surface area contributed by atoms with Crippen molar-refractivity contribution in [1.29, 1.82) is 0 Å². The smallest absolute Gasteiger partial charge is 0.252 e. The number of nitrogens with zero attached hydrogens (tertiary/aromatic N) is 1. The number of carbonyl (C=O) groups excluding carboxylic acids is 1. The third-order valence-electron chi connectivity index (χ3n) is 2.14. The Bertz CT molecular complexity index is 365. The van der Waals surface area contributed by atoms with Crippen LogP contribution < -0.4 is 16.4 Å². The van der Waals surface area contributed by atoms with E-state index in [0.717, 1.165) is 18.8 Å². The number of nitrogens with two attached hydrogens (primary N) is 1. The van der Waals surface area contributed by atoms with Gasteiger partial charge in [-0.3, -0.25) is 4.79 Å². The fraction of sp³-hybridized carbons (Fsp3) is 0.455. The molecule has 0 aliphatic rings. The van der Waals surface area contributed by atoms with Gasteiger partial charge in [-0.2, -0.15) is 0 Å². The van der Waals surface area contributed by atoms with Gasteiger partial charge in [0.2, 0.25) is 0 Å². The van der Waals surface area contributed by atoms with Gasteiger partial charge in [-0.15, -0.1) is 0 Å². The van der Waals surface area contributed by atoms with Gasteiger partial charge in [0.15, 0.2) is 0 Å². The minimum Gasteiger partial charge on any atom is -0.368 e. The van der Waals surface area contributed by atoms with Crippen molar-refractivity contribution in [2.45, 2.75) is 13.8 Å². The maximum Gasteiger partial charge on any atom is 0.252 e. The number of hydrogen-bond acceptors (Lipinski definition) is 4. The number of hydrogen-bond donors (Lipinski definition) is 3. The van der Waals surface area contributed by atoms with E-state index >= 15 is 0 Å². The Morgan fingerprint density at radius 2 is 2.19 bits per heavy atom. The summed E-state index contributed by atoms with van der Waals surface area (Å²) in [5, 5.41) is 6.27. The first kappa shape index (κ1) is 12.4. The zero-order valence-electron chi connectivity index (χ0n) is 9.71. The molecule has 0 saturated carbocycles. The summed E-state index contributed by atoms with van der Waals surface area (Å²) >= 11 is 0. The third-order valence-corrected chi connectivity index (χ3v) is 2.14. The Hall–Kier alpha value is -1.62. The van der Waals surface area contributed by atoms with E-state index in [0.29, 0.717) is 17.9 Å². The molecule has 1 aromatic rings. The molecule has 5 nitrogen and oxygen atoms in total. The van der Waals surface area contributed by atoms with Gasteiger partial charge in [-0.25, -0.2) is 4.98 Å². The molecule has 16 heavy (non-hydrogen) atoms. The zero-order chi connectivity index (χ0) is 12.0. The lowest BCUT2D eigenvalue weighted by Crippen LogP contribution is -2.23. The van der Waals surface area contributed by atoms with Gasteiger partial charge in [-0.05, 0) is 25.6 Å². The van der Waals surface area contributed by atoms with E-state index in [-0.39, 0.29) is 0 Å². The molecule has 0 aliphatic heterocycles. The van der Waals surface area contributed by atoms with E-state index in [1.54, 1.807) is 12.1 Å². The molecule has 1 amide bonds. The summed E-state index contributed by atoms with van der Waals surface area (Å²) in [6, 6.07) is 3.47. The van der Waals surface area contributed by atoms with Crippen LogP contribution in [0.3, 0.4) is 0 Å². The van der Waals surface area contributed by atoms with E-state index in [1.165, 1.54) is 0 Å². The molecule has 0 aromatic carbocycles. The second-order valence-electron chi connectivity index (χ2n) is 3.49. The van der Waals surface area contributed by atoms with Crippen LogP contribution in [0.1, 0.15) is 23.0 Å². The van der Waals surface area contributed by atoms with Crippen LogP contribution in [0.25, 0.3) is 0 Å². The first-order valence-electron chi connectivity index (χ1n) is 5.37. The lowest BCUT2D eigenvalue weighted by molar-refractivity contribution is 0.100. The van der Waals surface area contributed by atoms with E-state index in [1.807, 2.05) is 13.8 Å². The molecule has 88 valence electrons. The first-order chi connectivity index (χ1) is 7.65. The van der Waals surface area contributed by atoms with Gasteiger partial charge in [-0.1, -0.05) is 6.92 Å². The van der Waals surface area contributed by atoms with Crippen molar-refractivity contribution in [1.82, 2.24) is 10.3 Å². The van der Waals surface area contributed by atoms with E-state index in [2.05, 4.69) is 15.6 Å². The Morgan fingerprint density at radius 3 is 2.81 bits per heavy atom. The highest BCUT2D eigenvalue weighted by Crippen LogP contribution is 2.12. The molecule has 0 aliphatic carbocycles. The highest BCUT2D eigenvalue weighted by molar-refractivity contribution is 5.97. The van der Waals surface area contributed by atoms with Crippen molar-refractivity contribution in [2.24, 2.45) is 5.73 Å². The Morgan fingerprint density at radius 1 is 1.44 bits per heavy atom. The van der Waals surface area contributed by atoms with E-state index in [4.69, 9.17) is 5.73 Å². The van der Waals surface area contributed by atoms with Gasteiger partial charge < -0.3 is 16.4 Å². The number of likely N-dealkylation sites (N-methyl/N-ethyl adjacent to an activating group) is 1. The van der Waals surface area contributed by atoms with Crippen molar-refractivity contribution < 1.29 is 4.79 Å². The number of carbonyl (C=O) groups is 1. The summed E-state index contributed by atoms with van der Waals surface area (Å²) in [6.07, 6.45) is 0. The molecule has 0 fully saturated rings. The molecular formula is C11H18N4O. The Balaban J connectivity index is 2.68. The predicted molar refractivity (Wildman–Crippen MR) is 64.5 cm³/mol. The predicted octanol–water partition coefficient (Wildman–Crippen LogP) is 0.510. The number of aromatic nitrogens is 1. The second-order valence-corrected chi connectivity index (χ2v) is 3.49. The number of aryl methyl sites for hydroxylation is 1. The lowest BCUT2D eigenvalue weighted by Gasteiger charge is -2.09. The van der Waals surface area contributed by atoms with Crippen LogP contribution in [0.5, 0.6) is 0 Å². The SMILES string of the molecule is CCNCCNc1nc(C)ccc1C(N)=O. The molecule has 0 saturated heterocycles. The van der Waals surface area contributed by atoms with Crippen LogP contribution >= 0.6 is 0 Å². The standard InChI is InChI=1S/C11H18N4O/c1-3-13-6-7-14-11-9(10(12)16)5-4-8(2)15-11/h4-5,13H,3,6-7H2,1-2H3,(H2,12,16)(H,14,15). The van der Waals surface area contributed by atoms with Crippen LogP contribution in [-0.2, 0) is 0 Å². The maximum absolute atomic E-state index is 11.1. The number of anilines is 1. The number of primary amides is 1. The number of amides is 1. The molecule has 0 unspecified atom stereocenters. The topological polar surface area (TPSA) is 80.0 Å². The second kappa shape index (κ2) is 6.07. The summed E-state index contributed by atoms with van der Waals surface area (Å²) in [5.74, 6) is 0.101. The average molecular weight is 222 g/mol. The van der Waals surface area contributed by atoms with E-state index in [9.17, 15) is 4.79 Å². The van der Waals surface area contributed by atoms with Crippen molar-refractivity contribution in [3.05, 3.63) is 23.4 Å². The van der Waals surface area contributed by atoms with Crippen LogP contribution in [0, 0.1) is 6.92 Å². The first-order valence-corrected chi connectivity index (χ1v) is 5.37. The molecule has 4 N–H and O–H groups in total. The molecule has 0 atom stereocenters. The molecule has 1 rings (SSSR count). The molecule has 5 heteroatoms. The maximum atomic E-state index is 11.1. The van der Waals surface area contributed by atoms with E-state index < -0.39 is 5.91 Å². The quantitative estimate of drug-likeness (QED) is 0.613. The van der Waals surface area contributed by atoms with Crippen LogP contribution in [0.4, 0.5) is 5.82 Å². The van der Waals surface area contributed by atoms with Gasteiger partial charge >= 0.3 is 0 Å². The minimum atomic E-state index is -0.460. The number of pyridine rings is 1. The summed E-state index contributed by atoms with van der Waals surface area (Å²) in [4.78, 5) is 15.4. The average Bonchev–Trinajstić information content (AvgIpc) is 2.24. The fourth-order valence-electron chi connectivity index (χ4n) is 1.34. The molecule has 1 aromatic heterocycles. The van der Waals surface area contributed by atoms with Crippen LogP contribution in [0.2, 0.25) is 0 Å². The van der Waals surface area contributed by atoms with Crippen molar-refractivity contribution in [3.8, 4) is 0 Å². The number of nitrogens with one attached hydrogen (secondary N) is 2. The molecule has 0 spiro atoms. The summed E-state index contributed by atoms with van der Waals surface area (Å²) in [5.41, 5.74) is 6.55. The van der Waals surface area contributed by atoms with Crippen LogP contribution in [-0.4, -0.2) is 30.5 Å². The van der Waals surface area contributed by atoms with Crippen LogP contribution in [0.15, 0.2) is 12.1 Å². The van der Waals surface area contributed by atoms with Gasteiger partial charge in [0.1, 0.15) is 5.82 Å². The summed E-state index contributed by atoms with van der Waals surface area (Å²) < 4.78 is 0. The molecule has 0 bridgehead atoms. The highest BCUT2D eigenvalue weighted by Gasteiger charge is 2.08. The van der Waals surface area contributed by atoms with Crippen molar-refractivity contribution >= 4 is 11.7 Å². The molecule has 1 heterocycles. The normalized spacial score (nSPS) is 10.1. The van der Waals surface area contributed by atoms with Gasteiger partial charge in [0.25, 0.3) is 5.91 Å². The number of rotatable bonds is 6.